The van der Waals surface area contributed by atoms with Crippen LogP contribution in [0.5, 0.6) is 5.75 Å². The van der Waals surface area contributed by atoms with Gasteiger partial charge in [0, 0.05) is 49.3 Å². The summed E-state index contributed by atoms with van der Waals surface area (Å²) in [6.45, 7) is 3.15. The highest BCUT2D eigenvalue weighted by molar-refractivity contribution is 5.73. The molecule has 1 fully saturated rings. The van der Waals surface area contributed by atoms with Crippen LogP contribution in [0.2, 0.25) is 0 Å². The number of hydrogen-bond acceptors (Lipinski definition) is 5. The molecule has 1 atom stereocenters. The Bertz CT molecular complexity index is 705. The van der Waals surface area contributed by atoms with Crippen molar-refractivity contribution < 1.29 is 14.3 Å². The van der Waals surface area contributed by atoms with E-state index in [2.05, 4.69) is 20.6 Å². The summed E-state index contributed by atoms with van der Waals surface area (Å²) in [5.41, 5.74) is 1.94. The van der Waals surface area contributed by atoms with Crippen LogP contribution < -0.4 is 15.4 Å². The number of aryl methyl sites for hydroxylation is 1. The monoisotopic (exact) mass is 370 g/mol. The van der Waals surface area contributed by atoms with Crippen molar-refractivity contribution in [3.8, 4) is 5.75 Å². The van der Waals surface area contributed by atoms with Crippen molar-refractivity contribution in [2.24, 2.45) is 5.92 Å². The van der Waals surface area contributed by atoms with Gasteiger partial charge in [0.05, 0.1) is 19.4 Å². The summed E-state index contributed by atoms with van der Waals surface area (Å²) in [5, 5.41) is 5.74. The van der Waals surface area contributed by atoms with Crippen LogP contribution in [0.1, 0.15) is 24.1 Å². The number of carbonyl (C=O) groups is 1. The maximum atomic E-state index is 12.0. The Morgan fingerprint density at radius 3 is 3.04 bits per heavy atom. The van der Waals surface area contributed by atoms with E-state index in [4.69, 9.17) is 9.47 Å². The number of nitrogens with one attached hydrogen (secondary N) is 2. The maximum absolute atomic E-state index is 12.0. The van der Waals surface area contributed by atoms with Gasteiger partial charge >= 0.3 is 6.03 Å². The van der Waals surface area contributed by atoms with E-state index in [0.29, 0.717) is 31.4 Å². The minimum atomic E-state index is -0.192. The van der Waals surface area contributed by atoms with Gasteiger partial charge < -0.3 is 20.1 Å². The van der Waals surface area contributed by atoms with Crippen molar-refractivity contribution in [3.63, 3.8) is 0 Å². The van der Waals surface area contributed by atoms with Crippen LogP contribution in [-0.2, 0) is 17.7 Å². The minimum absolute atomic E-state index is 0.192. The summed E-state index contributed by atoms with van der Waals surface area (Å²) in [6.07, 6.45) is 7.88. The molecule has 0 saturated carbocycles. The lowest BCUT2D eigenvalue weighted by Gasteiger charge is -2.14. The zero-order chi connectivity index (χ0) is 18.7. The molecule has 1 aliphatic heterocycles. The first-order chi connectivity index (χ1) is 13.3. The Balaban J connectivity index is 1.36. The molecule has 3 heterocycles. The average Bonchev–Trinajstić information content (AvgIpc) is 3.23. The summed E-state index contributed by atoms with van der Waals surface area (Å²) in [5.74, 6) is 1.13. The van der Waals surface area contributed by atoms with E-state index < -0.39 is 0 Å². The number of hydrogen-bond donors (Lipinski definition) is 2. The quantitative estimate of drug-likeness (QED) is 0.662. The standard InChI is InChI=1S/C20H26N4O3/c25-20(23-9-3-5-18-4-1-2-8-22-18)24-12-17-6-10-21-13-19(17)27-15-16-7-11-26-14-16/h1-2,4,6,8,10,13,16H,3,5,7,9,11-12,14-15H2,(H2,23,24,25). The molecule has 1 aliphatic rings. The number of rotatable bonds is 9. The van der Waals surface area contributed by atoms with E-state index in [1.54, 1.807) is 18.6 Å². The van der Waals surface area contributed by atoms with E-state index >= 15 is 0 Å². The van der Waals surface area contributed by atoms with Crippen LogP contribution in [0, 0.1) is 5.92 Å². The Morgan fingerprint density at radius 1 is 1.26 bits per heavy atom. The van der Waals surface area contributed by atoms with E-state index in [-0.39, 0.29) is 6.03 Å². The minimum Gasteiger partial charge on any atom is -0.491 e. The van der Waals surface area contributed by atoms with Crippen molar-refractivity contribution in [3.05, 3.63) is 54.1 Å². The number of ether oxygens (including phenoxy) is 2. The smallest absolute Gasteiger partial charge is 0.315 e. The third-order valence-corrected chi connectivity index (χ3v) is 4.43. The van der Waals surface area contributed by atoms with Crippen LogP contribution >= 0.6 is 0 Å². The second-order valence-corrected chi connectivity index (χ2v) is 6.56. The largest absolute Gasteiger partial charge is 0.491 e. The first-order valence-electron chi connectivity index (χ1n) is 9.36. The number of carbonyl (C=O) groups excluding carboxylic acids is 1. The molecule has 27 heavy (non-hydrogen) atoms. The fraction of sp³-hybridized carbons (Fsp3) is 0.450. The number of amides is 2. The van der Waals surface area contributed by atoms with Crippen LogP contribution in [0.3, 0.4) is 0 Å². The van der Waals surface area contributed by atoms with Gasteiger partial charge in [-0.3, -0.25) is 9.97 Å². The molecule has 144 valence electrons. The second-order valence-electron chi connectivity index (χ2n) is 6.56. The van der Waals surface area contributed by atoms with Crippen molar-refractivity contribution in [1.82, 2.24) is 20.6 Å². The molecule has 1 saturated heterocycles. The molecule has 0 bridgehead atoms. The van der Waals surface area contributed by atoms with Crippen LogP contribution in [0.25, 0.3) is 0 Å². The number of pyridine rings is 2. The highest BCUT2D eigenvalue weighted by Gasteiger charge is 2.17. The predicted octanol–water partition coefficient (Wildman–Crippen LogP) is 2.32. The van der Waals surface area contributed by atoms with Gasteiger partial charge in [-0.2, -0.15) is 0 Å². The third-order valence-electron chi connectivity index (χ3n) is 4.43. The highest BCUT2D eigenvalue weighted by Crippen LogP contribution is 2.19. The van der Waals surface area contributed by atoms with Crippen molar-refractivity contribution >= 4 is 6.03 Å². The van der Waals surface area contributed by atoms with Gasteiger partial charge in [0.25, 0.3) is 0 Å². The van der Waals surface area contributed by atoms with E-state index in [1.807, 2.05) is 24.3 Å². The van der Waals surface area contributed by atoms with Gasteiger partial charge in [0.15, 0.2) is 0 Å². The van der Waals surface area contributed by atoms with E-state index in [1.165, 1.54) is 0 Å². The number of urea groups is 1. The fourth-order valence-corrected chi connectivity index (χ4v) is 2.86. The van der Waals surface area contributed by atoms with Crippen molar-refractivity contribution in [1.29, 1.82) is 0 Å². The molecule has 7 heteroatoms. The van der Waals surface area contributed by atoms with Gasteiger partial charge in [-0.25, -0.2) is 4.79 Å². The van der Waals surface area contributed by atoms with Gasteiger partial charge in [-0.1, -0.05) is 6.07 Å². The summed E-state index contributed by atoms with van der Waals surface area (Å²) in [4.78, 5) is 20.4. The summed E-state index contributed by atoms with van der Waals surface area (Å²) < 4.78 is 11.2. The van der Waals surface area contributed by atoms with Gasteiger partial charge in [0.1, 0.15) is 5.75 Å². The summed E-state index contributed by atoms with van der Waals surface area (Å²) in [6, 6.07) is 7.53. The zero-order valence-electron chi connectivity index (χ0n) is 15.4. The van der Waals surface area contributed by atoms with Crippen LogP contribution in [0.4, 0.5) is 4.79 Å². The molecule has 0 aliphatic carbocycles. The first kappa shape index (κ1) is 19.1. The lowest BCUT2D eigenvalue weighted by Crippen LogP contribution is -2.35. The Labute approximate surface area is 159 Å². The van der Waals surface area contributed by atoms with Crippen molar-refractivity contribution in [2.45, 2.75) is 25.8 Å². The number of nitrogens with zero attached hydrogens (tertiary/aromatic N) is 2. The van der Waals surface area contributed by atoms with Crippen LogP contribution in [-0.4, -0.2) is 42.4 Å². The van der Waals surface area contributed by atoms with Gasteiger partial charge in [-0.05, 0) is 37.5 Å². The molecule has 1 unspecified atom stereocenters. The summed E-state index contributed by atoms with van der Waals surface area (Å²) >= 11 is 0. The Hall–Kier alpha value is -2.67. The molecule has 0 aromatic carbocycles. The Kier molecular flexibility index (Phi) is 7.41. The molecule has 2 N–H and O–H groups in total. The third kappa shape index (κ3) is 6.53. The molecule has 0 radical (unpaired) electrons. The normalized spacial score (nSPS) is 16.1. The Morgan fingerprint density at radius 2 is 2.22 bits per heavy atom. The van der Waals surface area contributed by atoms with Crippen molar-refractivity contribution in [2.75, 3.05) is 26.4 Å². The van der Waals surface area contributed by atoms with E-state index in [9.17, 15) is 4.79 Å². The fourth-order valence-electron chi connectivity index (χ4n) is 2.86. The molecule has 3 rings (SSSR count). The molecule has 2 amide bonds. The molecule has 7 nitrogen and oxygen atoms in total. The summed E-state index contributed by atoms with van der Waals surface area (Å²) in [7, 11) is 0. The topological polar surface area (TPSA) is 85.4 Å². The van der Waals surface area contributed by atoms with Gasteiger partial charge in [0.2, 0.25) is 0 Å². The molecular formula is C20H26N4O3. The molecule has 2 aromatic heterocycles. The molecule has 2 aromatic rings. The average molecular weight is 370 g/mol. The molecular weight excluding hydrogens is 344 g/mol. The SMILES string of the molecule is O=C(NCCCc1ccccn1)NCc1ccncc1OCC1CCOC1. The number of aromatic nitrogens is 2. The predicted molar refractivity (Wildman–Crippen MR) is 101 cm³/mol. The van der Waals surface area contributed by atoms with Gasteiger partial charge in [-0.15, -0.1) is 0 Å². The maximum Gasteiger partial charge on any atom is 0.315 e. The lowest BCUT2D eigenvalue weighted by molar-refractivity contribution is 0.166. The second kappa shape index (κ2) is 10.5. The van der Waals surface area contributed by atoms with Crippen LogP contribution in [0.15, 0.2) is 42.9 Å². The molecule has 0 spiro atoms. The highest BCUT2D eigenvalue weighted by atomic mass is 16.5. The zero-order valence-corrected chi connectivity index (χ0v) is 15.4. The first-order valence-corrected chi connectivity index (χ1v) is 9.36. The lowest BCUT2D eigenvalue weighted by atomic mass is 10.1. The van der Waals surface area contributed by atoms with E-state index in [0.717, 1.165) is 43.7 Å².